The number of aliphatic hydroxyl groups is 1. The molecule has 1 aliphatic heterocycles. The highest BCUT2D eigenvalue weighted by Gasteiger charge is 2.30. The van der Waals surface area contributed by atoms with Crippen molar-refractivity contribution in [1.82, 2.24) is 4.90 Å². The van der Waals surface area contributed by atoms with E-state index in [1.165, 1.54) is 18.2 Å². The Hall–Kier alpha value is -3.72. The lowest BCUT2D eigenvalue weighted by molar-refractivity contribution is -0.384. The van der Waals surface area contributed by atoms with E-state index in [9.17, 15) is 19.7 Å². The number of hydrogen-bond donors (Lipinski definition) is 2. The minimum absolute atomic E-state index is 0.0405. The third-order valence-electron chi connectivity index (χ3n) is 4.15. The highest BCUT2D eigenvalue weighted by molar-refractivity contribution is 6.17. The highest BCUT2D eigenvalue weighted by atomic mass is 16.6. The molecule has 29 heavy (non-hydrogen) atoms. The Morgan fingerprint density at radius 3 is 2.34 bits per heavy atom. The lowest BCUT2D eigenvalue weighted by Crippen LogP contribution is -2.34. The Morgan fingerprint density at radius 1 is 1.07 bits per heavy atom. The van der Waals surface area contributed by atoms with Crippen LogP contribution in [0.15, 0.2) is 48.2 Å². The Morgan fingerprint density at radius 2 is 1.72 bits per heavy atom. The van der Waals surface area contributed by atoms with Crippen molar-refractivity contribution in [3.63, 3.8) is 0 Å². The Labute approximate surface area is 166 Å². The molecule has 2 amide bonds. The Kier molecular flexibility index (Phi) is 5.60. The number of rotatable bonds is 7. The standard InChI is InChI=1S/C20H19N3O6/c1-12-5-13(2)7-16(6-12)29-17-9-14(8-15(10-17)23(27)28)21-18-11-19(25)22(3-4-24)20(18)26/h5-11,21,24H,3-4H2,1-2H3. The fourth-order valence-electron chi connectivity index (χ4n) is 3.01. The van der Waals surface area contributed by atoms with E-state index in [2.05, 4.69) is 5.32 Å². The number of anilines is 1. The number of aliphatic hydroxyl groups excluding tert-OH is 1. The number of carbonyl (C=O) groups is 2. The predicted octanol–water partition coefficient (Wildman–Crippen LogP) is 2.66. The molecule has 0 atom stereocenters. The van der Waals surface area contributed by atoms with Gasteiger partial charge in [0.25, 0.3) is 17.5 Å². The van der Waals surface area contributed by atoms with Crippen LogP contribution in [0.25, 0.3) is 0 Å². The summed E-state index contributed by atoms with van der Waals surface area (Å²) in [6.07, 6.45) is 1.08. The third-order valence-corrected chi connectivity index (χ3v) is 4.15. The summed E-state index contributed by atoms with van der Waals surface area (Å²) in [5.41, 5.74) is 1.90. The monoisotopic (exact) mass is 397 g/mol. The van der Waals surface area contributed by atoms with E-state index in [1.54, 1.807) is 12.1 Å². The van der Waals surface area contributed by atoms with Crippen molar-refractivity contribution >= 4 is 23.2 Å². The lowest BCUT2D eigenvalue weighted by atomic mass is 10.1. The van der Waals surface area contributed by atoms with Gasteiger partial charge in [0.2, 0.25) is 0 Å². The van der Waals surface area contributed by atoms with Crippen LogP contribution in [-0.2, 0) is 9.59 Å². The number of amides is 2. The maximum Gasteiger partial charge on any atom is 0.277 e. The summed E-state index contributed by atoms with van der Waals surface area (Å²) in [5.74, 6) is -0.457. The molecule has 0 radical (unpaired) electrons. The fourth-order valence-corrected chi connectivity index (χ4v) is 3.01. The van der Waals surface area contributed by atoms with Crippen LogP contribution in [0.5, 0.6) is 11.5 Å². The second-order valence-corrected chi connectivity index (χ2v) is 6.60. The third kappa shape index (κ3) is 4.58. The maximum absolute atomic E-state index is 12.3. The van der Waals surface area contributed by atoms with Gasteiger partial charge >= 0.3 is 0 Å². The molecule has 3 rings (SSSR count). The zero-order valence-electron chi connectivity index (χ0n) is 15.8. The number of aryl methyl sites for hydroxylation is 2. The van der Waals surface area contributed by atoms with Gasteiger partial charge in [-0.3, -0.25) is 24.6 Å². The van der Waals surface area contributed by atoms with Gasteiger partial charge in [0.1, 0.15) is 17.2 Å². The summed E-state index contributed by atoms with van der Waals surface area (Å²) in [4.78, 5) is 35.8. The van der Waals surface area contributed by atoms with E-state index in [-0.39, 0.29) is 36.0 Å². The summed E-state index contributed by atoms with van der Waals surface area (Å²) >= 11 is 0. The second kappa shape index (κ2) is 8.11. The molecule has 2 aromatic rings. The van der Waals surface area contributed by atoms with E-state index in [0.717, 1.165) is 22.1 Å². The minimum Gasteiger partial charge on any atom is -0.457 e. The quantitative estimate of drug-likeness (QED) is 0.418. The summed E-state index contributed by atoms with van der Waals surface area (Å²) in [5, 5.41) is 23.0. The summed E-state index contributed by atoms with van der Waals surface area (Å²) in [7, 11) is 0. The van der Waals surface area contributed by atoms with Crippen LogP contribution in [0, 0.1) is 24.0 Å². The molecular weight excluding hydrogens is 378 g/mol. The van der Waals surface area contributed by atoms with E-state index < -0.39 is 16.7 Å². The molecule has 1 aliphatic rings. The van der Waals surface area contributed by atoms with E-state index in [4.69, 9.17) is 9.84 Å². The van der Waals surface area contributed by atoms with Crippen LogP contribution in [-0.4, -0.2) is 39.9 Å². The normalized spacial score (nSPS) is 13.5. The molecule has 0 unspecified atom stereocenters. The van der Waals surface area contributed by atoms with Gasteiger partial charge in [-0.15, -0.1) is 0 Å². The molecule has 0 spiro atoms. The van der Waals surface area contributed by atoms with Crippen LogP contribution in [0.2, 0.25) is 0 Å². The maximum atomic E-state index is 12.3. The summed E-state index contributed by atoms with van der Waals surface area (Å²) < 4.78 is 5.78. The van der Waals surface area contributed by atoms with Crippen molar-refractivity contribution in [2.24, 2.45) is 0 Å². The summed E-state index contributed by atoms with van der Waals surface area (Å²) in [6, 6.07) is 9.58. The SMILES string of the molecule is Cc1cc(C)cc(Oc2cc(NC3=CC(=O)N(CCO)C3=O)cc([N+](=O)[O-])c2)c1. The number of ether oxygens (including phenoxy) is 1. The molecule has 0 fully saturated rings. The van der Waals surface area contributed by atoms with Gasteiger partial charge in [0.05, 0.1) is 24.1 Å². The number of hydrogen-bond acceptors (Lipinski definition) is 7. The van der Waals surface area contributed by atoms with Crippen LogP contribution in [0.4, 0.5) is 11.4 Å². The number of nitro groups is 1. The number of imide groups is 1. The van der Waals surface area contributed by atoms with Gasteiger partial charge in [-0.2, -0.15) is 0 Å². The number of carbonyl (C=O) groups excluding carboxylic acids is 2. The Bertz CT molecular complexity index is 1010. The van der Waals surface area contributed by atoms with Gasteiger partial charge in [-0.05, 0) is 37.1 Å². The molecule has 0 saturated carbocycles. The molecule has 0 saturated heterocycles. The number of nitrogens with one attached hydrogen (secondary N) is 1. The smallest absolute Gasteiger partial charge is 0.277 e. The molecule has 9 nitrogen and oxygen atoms in total. The second-order valence-electron chi connectivity index (χ2n) is 6.60. The van der Waals surface area contributed by atoms with Crippen molar-refractivity contribution in [3.05, 3.63) is 69.4 Å². The molecule has 0 aromatic heterocycles. The molecule has 0 aliphatic carbocycles. The lowest BCUT2D eigenvalue weighted by Gasteiger charge is -2.14. The molecule has 2 N–H and O–H groups in total. The molecule has 1 heterocycles. The number of non-ortho nitro benzene ring substituents is 1. The van der Waals surface area contributed by atoms with Crippen LogP contribution in [0.1, 0.15) is 11.1 Å². The van der Waals surface area contributed by atoms with Crippen molar-refractivity contribution in [2.45, 2.75) is 13.8 Å². The summed E-state index contributed by atoms with van der Waals surface area (Å²) in [6.45, 7) is 3.33. The molecular formula is C20H19N3O6. The van der Waals surface area contributed by atoms with Crippen LogP contribution >= 0.6 is 0 Å². The van der Waals surface area contributed by atoms with Gasteiger partial charge in [0, 0.05) is 23.9 Å². The van der Waals surface area contributed by atoms with Gasteiger partial charge in [-0.25, -0.2) is 0 Å². The van der Waals surface area contributed by atoms with Crippen LogP contribution in [0.3, 0.4) is 0 Å². The first-order chi connectivity index (χ1) is 13.8. The van der Waals surface area contributed by atoms with E-state index in [0.29, 0.717) is 5.75 Å². The van der Waals surface area contributed by atoms with E-state index >= 15 is 0 Å². The average molecular weight is 397 g/mol. The largest absolute Gasteiger partial charge is 0.457 e. The zero-order valence-corrected chi connectivity index (χ0v) is 15.8. The number of nitrogens with zero attached hydrogens (tertiary/aromatic N) is 2. The Balaban J connectivity index is 1.89. The van der Waals surface area contributed by atoms with Crippen molar-refractivity contribution in [2.75, 3.05) is 18.5 Å². The number of nitro benzene ring substituents is 1. The number of benzene rings is 2. The molecule has 0 bridgehead atoms. The molecule has 150 valence electrons. The topological polar surface area (TPSA) is 122 Å². The first-order valence-electron chi connectivity index (χ1n) is 8.78. The molecule has 2 aromatic carbocycles. The number of β-amino-alcohol motifs (C(OH)–C–C–N with tert-alkyl or cyclic N) is 1. The van der Waals surface area contributed by atoms with E-state index in [1.807, 2.05) is 19.9 Å². The molecule has 9 heteroatoms. The zero-order chi connectivity index (χ0) is 21.1. The van der Waals surface area contributed by atoms with Crippen LogP contribution < -0.4 is 10.1 Å². The van der Waals surface area contributed by atoms with Crippen molar-refractivity contribution < 1.29 is 24.4 Å². The average Bonchev–Trinajstić information content (AvgIpc) is 2.88. The highest BCUT2D eigenvalue weighted by Crippen LogP contribution is 2.31. The van der Waals surface area contributed by atoms with Gasteiger partial charge < -0.3 is 15.2 Å². The predicted molar refractivity (Wildman–Crippen MR) is 105 cm³/mol. The van der Waals surface area contributed by atoms with Crippen molar-refractivity contribution in [1.29, 1.82) is 0 Å². The van der Waals surface area contributed by atoms with Gasteiger partial charge in [-0.1, -0.05) is 6.07 Å². The first-order valence-corrected chi connectivity index (χ1v) is 8.78. The fraction of sp³-hybridized carbons (Fsp3) is 0.200. The van der Waals surface area contributed by atoms with Gasteiger partial charge in [0.15, 0.2) is 0 Å². The first kappa shape index (κ1) is 20.0. The van der Waals surface area contributed by atoms with Crippen molar-refractivity contribution in [3.8, 4) is 11.5 Å². The minimum atomic E-state index is -0.618.